The molecule has 2 aromatic rings. The number of aromatic nitrogens is 2. The average molecular weight is 258 g/mol. The van der Waals surface area contributed by atoms with Gasteiger partial charge in [-0.3, -0.25) is 0 Å². The van der Waals surface area contributed by atoms with Crippen molar-refractivity contribution in [3.8, 4) is 0 Å². The van der Waals surface area contributed by atoms with E-state index in [9.17, 15) is 9.46 Å². The second kappa shape index (κ2) is 5.98. The minimum atomic E-state index is -3.80. The van der Waals surface area contributed by atoms with Crippen LogP contribution in [0.2, 0.25) is 0 Å². The van der Waals surface area contributed by atoms with Crippen LogP contribution in [0.15, 0.2) is 42.7 Å². The maximum Gasteiger partial charge on any atom is 1.00 e. The van der Waals surface area contributed by atoms with E-state index in [1.54, 1.807) is 41.1 Å². The van der Waals surface area contributed by atoms with Crippen LogP contribution in [0.25, 0.3) is 0 Å². The molecular weight excluding hydrogens is 246 g/mol. The van der Waals surface area contributed by atoms with Gasteiger partial charge in [0.2, 0.25) is 0 Å². The first-order valence-corrected chi connectivity index (χ1v) is 6.67. The SMILES string of the molecule is CCn1ccnc1P(=O)([O-])c1ccccc1.[Na+]. The Morgan fingerprint density at radius 3 is 2.59 bits per heavy atom. The number of benzene rings is 1. The summed E-state index contributed by atoms with van der Waals surface area (Å²) >= 11 is 0. The van der Waals surface area contributed by atoms with Gasteiger partial charge in [-0.1, -0.05) is 30.3 Å². The third-order valence-corrected chi connectivity index (χ3v) is 4.27. The van der Waals surface area contributed by atoms with Crippen molar-refractivity contribution in [2.24, 2.45) is 0 Å². The first-order chi connectivity index (χ1) is 7.66. The summed E-state index contributed by atoms with van der Waals surface area (Å²) in [7, 11) is -3.80. The average Bonchev–Trinajstić information content (AvgIpc) is 2.79. The molecule has 1 unspecified atom stereocenters. The van der Waals surface area contributed by atoms with Gasteiger partial charge in [-0.25, -0.2) is 4.98 Å². The molecule has 0 aliphatic carbocycles. The predicted octanol–water partition coefficient (Wildman–Crippen LogP) is -2.50. The first kappa shape index (κ1) is 14.7. The molecule has 0 N–H and O–H groups in total. The molecule has 0 radical (unpaired) electrons. The zero-order chi connectivity index (χ0) is 11.6. The summed E-state index contributed by atoms with van der Waals surface area (Å²) in [6.07, 6.45) is 3.18. The molecule has 17 heavy (non-hydrogen) atoms. The molecule has 1 aromatic carbocycles. The minimum absolute atomic E-state index is 0. The molecule has 0 aliphatic heterocycles. The third kappa shape index (κ3) is 2.90. The van der Waals surface area contributed by atoms with Gasteiger partial charge in [-0.2, -0.15) is 0 Å². The second-order valence-corrected chi connectivity index (χ2v) is 5.42. The molecule has 84 valence electrons. The molecule has 6 heteroatoms. The molecule has 1 atom stereocenters. The quantitative estimate of drug-likeness (QED) is 0.451. The Balaban J connectivity index is 0.00000144. The van der Waals surface area contributed by atoms with Crippen molar-refractivity contribution in [2.45, 2.75) is 13.5 Å². The molecule has 0 saturated carbocycles. The Morgan fingerprint density at radius 1 is 1.35 bits per heavy atom. The standard InChI is InChI=1S/C11H13N2O2P.Na/c1-2-13-9-8-12-11(13)16(14,15)10-6-4-3-5-7-10;/h3-9H,2H2,1H3,(H,14,15);/q;+1/p-1. The van der Waals surface area contributed by atoms with Crippen molar-refractivity contribution in [1.29, 1.82) is 0 Å². The van der Waals surface area contributed by atoms with Crippen molar-refractivity contribution in [1.82, 2.24) is 9.55 Å². The monoisotopic (exact) mass is 258 g/mol. The van der Waals surface area contributed by atoms with E-state index in [1.165, 1.54) is 6.20 Å². The van der Waals surface area contributed by atoms with Gasteiger partial charge in [0.25, 0.3) is 0 Å². The fourth-order valence-electron chi connectivity index (χ4n) is 1.55. The van der Waals surface area contributed by atoms with Gasteiger partial charge in [-0.15, -0.1) is 0 Å². The Bertz CT molecular complexity index is 527. The molecule has 0 saturated heterocycles. The van der Waals surface area contributed by atoms with E-state index in [0.29, 0.717) is 11.8 Å². The van der Waals surface area contributed by atoms with Crippen molar-refractivity contribution in [2.75, 3.05) is 0 Å². The molecule has 2 rings (SSSR count). The zero-order valence-corrected chi connectivity index (χ0v) is 12.8. The van der Waals surface area contributed by atoms with E-state index in [-0.39, 0.29) is 35.1 Å². The summed E-state index contributed by atoms with van der Waals surface area (Å²) in [5, 5.41) is 0.302. The minimum Gasteiger partial charge on any atom is -0.790 e. The first-order valence-electron chi connectivity index (χ1n) is 5.04. The van der Waals surface area contributed by atoms with Gasteiger partial charge in [0.05, 0.1) is 0 Å². The Hall–Kier alpha value is -0.380. The molecule has 0 bridgehead atoms. The van der Waals surface area contributed by atoms with Crippen LogP contribution >= 0.6 is 7.37 Å². The molecular formula is C11H12N2NaO2P. The van der Waals surface area contributed by atoms with Crippen LogP contribution in [0.5, 0.6) is 0 Å². The van der Waals surface area contributed by atoms with E-state index < -0.39 is 7.37 Å². The van der Waals surface area contributed by atoms with Crippen LogP contribution in [0, 0.1) is 0 Å². The van der Waals surface area contributed by atoms with E-state index in [1.807, 2.05) is 6.92 Å². The maximum absolute atomic E-state index is 12.2. The summed E-state index contributed by atoms with van der Waals surface area (Å²) in [4.78, 5) is 16.1. The van der Waals surface area contributed by atoms with Crippen molar-refractivity contribution >= 4 is 18.2 Å². The zero-order valence-electron chi connectivity index (χ0n) is 9.91. The van der Waals surface area contributed by atoms with Crippen molar-refractivity contribution in [3.63, 3.8) is 0 Å². The van der Waals surface area contributed by atoms with Gasteiger partial charge in [0.1, 0.15) is 7.37 Å². The van der Waals surface area contributed by atoms with Gasteiger partial charge >= 0.3 is 29.6 Å². The third-order valence-electron chi connectivity index (χ3n) is 2.39. The molecule has 0 amide bonds. The largest absolute Gasteiger partial charge is 1.00 e. The summed E-state index contributed by atoms with van der Waals surface area (Å²) < 4.78 is 13.8. The van der Waals surface area contributed by atoms with Crippen molar-refractivity contribution in [3.05, 3.63) is 42.7 Å². The summed E-state index contributed by atoms with van der Waals surface area (Å²) in [5.41, 5.74) is 0.126. The summed E-state index contributed by atoms with van der Waals surface area (Å²) in [6, 6.07) is 8.37. The smallest absolute Gasteiger partial charge is 0.790 e. The number of aryl methyl sites for hydroxylation is 1. The second-order valence-electron chi connectivity index (χ2n) is 3.40. The van der Waals surface area contributed by atoms with Gasteiger partial charge in [0.15, 0.2) is 5.57 Å². The van der Waals surface area contributed by atoms with Crippen LogP contribution < -0.4 is 45.3 Å². The van der Waals surface area contributed by atoms with Crippen LogP contribution in [0.3, 0.4) is 0 Å². The fourth-order valence-corrected chi connectivity index (χ4v) is 3.11. The topological polar surface area (TPSA) is 58.0 Å². The molecule has 4 nitrogen and oxygen atoms in total. The van der Waals surface area contributed by atoms with E-state index in [2.05, 4.69) is 4.98 Å². The molecule has 0 spiro atoms. The number of hydrogen-bond acceptors (Lipinski definition) is 3. The normalized spacial score (nSPS) is 13.8. The van der Waals surface area contributed by atoms with E-state index >= 15 is 0 Å². The van der Waals surface area contributed by atoms with Crippen LogP contribution in [0.1, 0.15) is 6.92 Å². The molecule has 0 aliphatic rings. The molecule has 1 aromatic heterocycles. The summed E-state index contributed by atoms with van der Waals surface area (Å²) in [6.45, 7) is 2.48. The summed E-state index contributed by atoms with van der Waals surface area (Å²) in [5.74, 6) is 0. The number of hydrogen-bond donors (Lipinski definition) is 0. The van der Waals surface area contributed by atoms with E-state index in [0.717, 1.165) is 0 Å². The Kier molecular flexibility index (Phi) is 5.17. The van der Waals surface area contributed by atoms with Gasteiger partial charge < -0.3 is 14.0 Å². The van der Waals surface area contributed by atoms with Gasteiger partial charge in [0, 0.05) is 24.2 Å². The molecule has 0 fully saturated rings. The van der Waals surface area contributed by atoms with Crippen LogP contribution in [0.4, 0.5) is 0 Å². The van der Waals surface area contributed by atoms with E-state index in [4.69, 9.17) is 0 Å². The van der Waals surface area contributed by atoms with Crippen LogP contribution in [-0.4, -0.2) is 9.55 Å². The van der Waals surface area contributed by atoms with Crippen LogP contribution in [-0.2, 0) is 11.1 Å². The fraction of sp³-hybridized carbons (Fsp3) is 0.182. The number of imidazole rings is 1. The maximum atomic E-state index is 12.2. The number of rotatable bonds is 3. The molecule has 1 heterocycles. The van der Waals surface area contributed by atoms with Crippen molar-refractivity contribution < 1.29 is 39.0 Å². The Morgan fingerprint density at radius 2 is 2.00 bits per heavy atom. The van der Waals surface area contributed by atoms with Gasteiger partial charge in [-0.05, 0) is 6.92 Å². The number of nitrogens with zero attached hydrogens (tertiary/aromatic N) is 2. The predicted molar refractivity (Wildman–Crippen MR) is 61.2 cm³/mol. The Labute approximate surface area is 122 Å².